The van der Waals surface area contributed by atoms with Gasteiger partial charge in [0.2, 0.25) is 0 Å². The minimum atomic E-state index is -0.898. The van der Waals surface area contributed by atoms with Crippen molar-refractivity contribution in [3.05, 3.63) is 29.6 Å². The molecule has 0 aromatic heterocycles. The lowest BCUT2D eigenvalue weighted by atomic mass is 10.2. The van der Waals surface area contributed by atoms with Crippen LogP contribution in [0.1, 0.15) is 12.5 Å². The Kier molecular flexibility index (Phi) is 3.78. The van der Waals surface area contributed by atoms with Crippen molar-refractivity contribution in [3.63, 3.8) is 0 Å². The number of carbonyl (C=O) groups excluding carboxylic acids is 1. The van der Waals surface area contributed by atoms with Crippen LogP contribution in [0.5, 0.6) is 5.75 Å². The van der Waals surface area contributed by atoms with Crippen molar-refractivity contribution in [2.24, 2.45) is 11.5 Å². The number of primary amides is 1. The van der Waals surface area contributed by atoms with E-state index in [1.165, 1.54) is 19.1 Å². The summed E-state index contributed by atoms with van der Waals surface area (Å²) >= 11 is 4.69. The highest BCUT2D eigenvalue weighted by Crippen LogP contribution is 2.19. The number of nitrogens with two attached hydrogens (primary N) is 2. The number of ether oxygens (including phenoxy) is 1. The zero-order valence-electron chi connectivity index (χ0n) is 8.57. The highest BCUT2D eigenvalue weighted by molar-refractivity contribution is 7.80. The monoisotopic (exact) mass is 242 g/mol. The summed E-state index contributed by atoms with van der Waals surface area (Å²) in [5, 5.41) is 0. The molecule has 1 rings (SSSR count). The largest absolute Gasteiger partial charge is 0.478 e. The van der Waals surface area contributed by atoms with E-state index >= 15 is 0 Å². The maximum atomic E-state index is 13.4. The quantitative estimate of drug-likeness (QED) is 0.762. The van der Waals surface area contributed by atoms with E-state index in [0.717, 1.165) is 6.07 Å². The predicted octanol–water partition coefficient (Wildman–Crippen LogP) is 0.713. The number of halogens is 1. The summed E-state index contributed by atoms with van der Waals surface area (Å²) in [6.07, 6.45) is -0.898. The molecule has 0 aliphatic heterocycles. The second kappa shape index (κ2) is 4.89. The van der Waals surface area contributed by atoms with Crippen LogP contribution in [0.2, 0.25) is 0 Å². The summed E-state index contributed by atoms with van der Waals surface area (Å²) in [6, 6.07) is 4.00. The van der Waals surface area contributed by atoms with Crippen LogP contribution in [0.3, 0.4) is 0 Å². The van der Waals surface area contributed by atoms with Gasteiger partial charge in [-0.15, -0.1) is 0 Å². The van der Waals surface area contributed by atoms with E-state index in [9.17, 15) is 9.18 Å². The van der Waals surface area contributed by atoms with Gasteiger partial charge in [0, 0.05) is 5.56 Å². The zero-order valence-corrected chi connectivity index (χ0v) is 9.38. The van der Waals surface area contributed by atoms with Crippen molar-refractivity contribution in [2.45, 2.75) is 13.0 Å². The van der Waals surface area contributed by atoms with Gasteiger partial charge in [0.15, 0.2) is 17.7 Å². The van der Waals surface area contributed by atoms with E-state index in [0.29, 0.717) is 5.56 Å². The lowest BCUT2D eigenvalue weighted by molar-refractivity contribution is -0.124. The fraction of sp³-hybridized carbons (Fsp3) is 0.200. The molecule has 1 aromatic rings. The van der Waals surface area contributed by atoms with Crippen LogP contribution in [0.15, 0.2) is 18.2 Å². The standard InChI is InChI=1S/C10H11FN2O2S/c1-5(9(12)14)15-8-3-2-6(10(13)16)4-7(8)11/h2-5H,1H3,(H2,12,14)(H2,13,16). The fourth-order valence-corrected chi connectivity index (χ4v) is 1.13. The van der Waals surface area contributed by atoms with Crippen molar-refractivity contribution in [2.75, 3.05) is 0 Å². The second-order valence-electron chi connectivity index (χ2n) is 3.17. The van der Waals surface area contributed by atoms with Crippen LogP contribution in [0.4, 0.5) is 4.39 Å². The first-order valence-corrected chi connectivity index (χ1v) is 4.88. The van der Waals surface area contributed by atoms with E-state index in [2.05, 4.69) is 0 Å². The molecule has 0 radical (unpaired) electrons. The first kappa shape index (κ1) is 12.4. The zero-order chi connectivity index (χ0) is 12.3. The SMILES string of the molecule is CC(Oc1ccc(C(N)=S)cc1F)C(N)=O. The van der Waals surface area contributed by atoms with E-state index in [1.54, 1.807) is 0 Å². The van der Waals surface area contributed by atoms with Gasteiger partial charge >= 0.3 is 0 Å². The van der Waals surface area contributed by atoms with Gasteiger partial charge < -0.3 is 16.2 Å². The van der Waals surface area contributed by atoms with Crippen molar-refractivity contribution < 1.29 is 13.9 Å². The van der Waals surface area contributed by atoms with Crippen LogP contribution in [0.25, 0.3) is 0 Å². The Hall–Kier alpha value is -1.69. The van der Waals surface area contributed by atoms with Gasteiger partial charge in [0.05, 0.1) is 0 Å². The smallest absolute Gasteiger partial charge is 0.258 e. The third kappa shape index (κ3) is 2.90. The molecule has 4 nitrogen and oxygen atoms in total. The average Bonchev–Trinajstić information content (AvgIpc) is 2.20. The van der Waals surface area contributed by atoms with E-state index in [1.807, 2.05) is 0 Å². The molecule has 1 atom stereocenters. The molecule has 6 heteroatoms. The summed E-state index contributed by atoms with van der Waals surface area (Å²) in [7, 11) is 0. The molecule has 0 aliphatic carbocycles. The maximum absolute atomic E-state index is 13.4. The number of carbonyl (C=O) groups is 1. The Balaban J connectivity index is 2.91. The van der Waals surface area contributed by atoms with Gasteiger partial charge in [-0.2, -0.15) is 0 Å². The summed E-state index contributed by atoms with van der Waals surface area (Å²) < 4.78 is 18.4. The molecule has 4 N–H and O–H groups in total. The molecular weight excluding hydrogens is 231 g/mol. The van der Waals surface area contributed by atoms with E-state index in [-0.39, 0.29) is 10.7 Å². The molecular formula is C10H11FN2O2S. The Morgan fingerprint density at radius 2 is 2.12 bits per heavy atom. The Bertz CT molecular complexity index is 437. The molecule has 0 saturated carbocycles. The topological polar surface area (TPSA) is 78.3 Å². The summed E-state index contributed by atoms with van der Waals surface area (Å²) in [5.41, 5.74) is 10.7. The number of hydrogen-bond acceptors (Lipinski definition) is 3. The molecule has 16 heavy (non-hydrogen) atoms. The molecule has 0 heterocycles. The molecule has 0 spiro atoms. The van der Waals surface area contributed by atoms with E-state index < -0.39 is 17.8 Å². The molecule has 0 aliphatic rings. The van der Waals surface area contributed by atoms with Crippen LogP contribution < -0.4 is 16.2 Å². The van der Waals surface area contributed by atoms with Gasteiger partial charge in [0.1, 0.15) is 4.99 Å². The molecule has 0 fully saturated rings. The minimum absolute atomic E-state index is 0.0636. The number of benzene rings is 1. The number of hydrogen-bond donors (Lipinski definition) is 2. The summed E-state index contributed by atoms with van der Waals surface area (Å²) in [6.45, 7) is 1.43. The lowest BCUT2D eigenvalue weighted by Crippen LogP contribution is -2.30. The number of rotatable bonds is 4. The van der Waals surface area contributed by atoms with Crippen LogP contribution >= 0.6 is 12.2 Å². The summed E-state index contributed by atoms with van der Waals surface area (Å²) in [4.78, 5) is 10.8. The van der Waals surface area contributed by atoms with Crippen molar-refractivity contribution in [3.8, 4) is 5.75 Å². The van der Waals surface area contributed by atoms with Crippen molar-refractivity contribution in [1.29, 1.82) is 0 Å². The third-order valence-electron chi connectivity index (χ3n) is 1.92. The van der Waals surface area contributed by atoms with Gasteiger partial charge in [-0.1, -0.05) is 12.2 Å². The van der Waals surface area contributed by atoms with Crippen molar-refractivity contribution >= 4 is 23.1 Å². The van der Waals surface area contributed by atoms with Gasteiger partial charge in [-0.05, 0) is 25.1 Å². The molecule has 86 valence electrons. The molecule has 1 amide bonds. The van der Waals surface area contributed by atoms with Gasteiger partial charge in [-0.3, -0.25) is 4.79 Å². The Morgan fingerprint density at radius 3 is 2.56 bits per heavy atom. The van der Waals surface area contributed by atoms with Crippen LogP contribution in [-0.4, -0.2) is 17.0 Å². The molecule has 0 saturated heterocycles. The number of thiocarbonyl (C=S) groups is 1. The van der Waals surface area contributed by atoms with E-state index in [4.69, 9.17) is 28.4 Å². The Morgan fingerprint density at radius 1 is 1.50 bits per heavy atom. The molecule has 0 bridgehead atoms. The summed E-state index contributed by atoms with van der Waals surface area (Å²) in [5.74, 6) is -1.37. The lowest BCUT2D eigenvalue weighted by Gasteiger charge is -2.12. The van der Waals surface area contributed by atoms with Crippen molar-refractivity contribution in [1.82, 2.24) is 0 Å². The normalized spacial score (nSPS) is 11.9. The third-order valence-corrected chi connectivity index (χ3v) is 2.16. The predicted molar refractivity (Wildman–Crippen MR) is 61.6 cm³/mol. The highest BCUT2D eigenvalue weighted by atomic mass is 32.1. The van der Waals surface area contributed by atoms with Crippen LogP contribution in [-0.2, 0) is 4.79 Å². The molecule has 1 aromatic carbocycles. The van der Waals surface area contributed by atoms with Crippen LogP contribution in [0, 0.1) is 5.82 Å². The second-order valence-corrected chi connectivity index (χ2v) is 3.61. The Labute approximate surface area is 97.4 Å². The highest BCUT2D eigenvalue weighted by Gasteiger charge is 2.13. The van der Waals surface area contributed by atoms with Gasteiger partial charge in [-0.25, -0.2) is 4.39 Å². The fourth-order valence-electron chi connectivity index (χ4n) is 0.998. The average molecular weight is 242 g/mol. The minimum Gasteiger partial charge on any atom is -0.478 e. The number of amides is 1. The maximum Gasteiger partial charge on any atom is 0.258 e. The first-order chi connectivity index (χ1) is 7.41. The van der Waals surface area contributed by atoms with Gasteiger partial charge in [0.25, 0.3) is 5.91 Å². The molecule has 1 unspecified atom stereocenters. The first-order valence-electron chi connectivity index (χ1n) is 4.47.